The Hall–Kier alpha value is -4.09. The Bertz CT molecular complexity index is 1380. The molecule has 4 rings (SSSR count). The van der Waals surface area contributed by atoms with E-state index in [-0.39, 0.29) is 0 Å². The SMILES string of the molecule is COc1ccc(NC=C(C#N)c2nc(-c3cc4ccccc4oc3=O)cs2)c(OC)c1. The summed E-state index contributed by atoms with van der Waals surface area (Å²) in [5, 5.41) is 15.7. The van der Waals surface area contributed by atoms with E-state index in [0.717, 1.165) is 5.39 Å². The van der Waals surface area contributed by atoms with E-state index in [9.17, 15) is 10.1 Å². The van der Waals surface area contributed by atoms with Crippen molar-refractivity contribution in [2.45, 2.75) is 0 Å². The van der Waals surface area contributed by atoms with Crippen molar-refractivity contribution < 1.29 is 13.9 Å². The van der Waals surface area contributed by atoms with Gasteiger partial charge in [-0.05, 0) is 24.3 Å². The van der Waals surface area contributed by atoms with Crippen LogP contribution >= 0.6 is 11.3 Å². The molecule has 31 heavy (non-hydrogen) atoms. The Balaban J connectivity index is 1.64. The van der Waals surface area contributed by atoms with Gasteiger partial charge in [0.2, 0.25) is 0 Å². The monoisotopic (exact) mass is 431 g/mol. The molecule has 0 aliphatic heterocycles. The van der Waals surface area contributed by atoms with Gasteiger partial charge < -0.3 is 19.2 Å². The average Bonchev–Trinajstić information content (AvgIpc) is 3.28. The summed E-state index contributed by atoms with van der Waals surface area (Å²) in [5.41, 5.74) is 1.84. The fourth-order valence-electron chi connectivity index (χ4n) is 2.97. The van der Waals surface area contributed by atoms with Crippen LogP contribution in [0.2, 0.25) is 0 Å². The topological polar surface area (TPSA) is 97.4 Å². The number of rotatable bonds is 6. The second-order valence-electron chi connectivity index (χ2n) is 6.40. The maximum Gasteiger partial charge on any atom is 0.345 e. The van der Waals surface area contributed by atoms with E-state index in [0.29, 0.717) is 44.6 Å². The molecule has 0 bridgehead atoms. The van der Waals surface area contributed by atoms with Crippen LogP contribution in [0.1, 0.15) is 5.01 Å². The van der Waals surface area contributed by atoms with Crippen molar-refractivity contribution in [3.63, 3.8) is 0 Å². The minimum absolute atomic E-state index is 0.319. The van der Waals surface area contributed by atoms with Crippen molar-refractivity contribution >= 4 is 33.6 Å². The standard InChI is InChI=1S/C23H17N3O4S/c1-28-16-7-8-18(21(10-16)29-2)25-12-15(11-24)22-26-19(13-31-22)17-9-14-5-3-4-6-20(14)30-23(17)27/h3-10,12-13,25H,1-2H3. The van der Waals surface area contributed by atoms with Crippen LogP contribution in [0.15, 0.2) is 69.3 Å². The van der Waals surface area contributed by atoms with Crippen molar-refractivity contribution in [1.82, 2.24) is 4.98 Å². The molecule has 2 aromatic carbocycles. The lowest BCUT2D eigenvalue weighted by atomic mass is 10.1. The number of methoxy groups -OCH3 is 2. The number of ether oxygens (including phenoxy) is 2. The normalized spacial score (nSPS) is 11.2. The van der Waals surface area contributed by atoms with Gasteiger partial charge in [-0.1, -0.05) is 18.2 Å². The molecular weight excluding hydrogens is 414 g/mol. The molecule has 0 spiro atoms. The lowest BCUT2D eigenvalue weighted by molar-refractivity contribution is 0.395. The molecule has 0 atom stereocenters. The van der Waals surface area contributed by atoms with Crippen molar-refractivity contribution in [2.75, 3.05) is 19.5 Å². The summed E-state index contributed by atoms with van der Waals surface area (Å²) in [6.45, 7) is 0. The van der Waals surface area contributed by atoms with Crippen molar-refractivity contribution in [1.29, 1.82) is 5.26 Å². The Labute approximate surface area is 181 Å². The molecule has 154 valence electrons. The van der Waals surface area contributed by atoms with E-state index < -0.39 is 5.63 Å². The molecule has 4 aromatic rings. The minimum Gasteiger partial charge on any atom is -0.497 e. The molecule has 0 aliphatic carbocycles. The number of allylic oxidation sites excluding steroid dienone is 1. The number of hydrogen-bond donors (Lipinski definition) is 1. The second-order valence-corrected chi connectivity index (χ2v) is 7.26. The second kappa shape index (κ2) is 8.73. The van der Waals surface area contributed by atoms with E-state index in [2.05, 4.69) is 16.4 Å². The molecule has 7 nitrogen and oxygen atoms in total. The van der Waals surface area contributed by atoms with Crippen LogP contribution in [0, 0.1) is 11.3 Å². The Morgan fingerprint density at radius 2 is 2.03 bits per heavy atom. The molecule has 0 saturated carbocycles. The number of para-hydroxylation sites is 1. The minimum atomic E-state index is -0.473. The van der Waals surface area contributed by atoms with E-state index >= 15 is 0 Å². The fraction of sp³-hybridized carbons (Fsp3) is 0.0870. The molecule has 0 saturated heterocycles. The van der Waals surface area contributed by atoms with E-state index in [1.807, 2.05) is 12.1 Å². The van der Waals surface area contributed by atoms with E-state index in [1.165, 1.54) is 11.3 Å². The van der Waals surface area contributed by atoms with Gasteiger partial charge in [-0.25, -0.2) is 9.78 Å². The Morgan fingerprint density at radius 3 is 2.81 bits per heavy atom. The van der Waals surface area contributed by atoms with Crippen molar-refractivity contribution in [3.8, 4) is 28.8 Å². The van der Waals surface area contributed by atoms with Gasteiger partial charge in [0.25, 0.3) is 0 Å². The predicted octanol–water partition coefficient (Wildman–Crippen LogP) is 4.91. The number of fused-ring (bicyclic) bond motifs is 1. The summed E-state index contributed by atoms with van der Waals surface area (Å²) >= 11 is 1.27. The number of hydrogen-bond acceptors (Lipinski definition) is 8. The summed E-state index contributed by atoms with van der Waals surface area (Å²) in [6.07, 6.45) is 1.55. The highest BCUT2D eigenvalue weighted by atomic mass is 32.1. The van der Waals surface area contributed by atoms with Gasteiger partial charge in [-0.3, -0.25) is 0 Å². The highest BCUT2D eigenvalue weighted by molar-refractivity contribution is 7.11. The van der Waals surface area contributed by atoms with E-state index in [1.54, 1.807) is 62.2 Å². The first-order valence-electron chi connectivity index (χ1n) is 9.21. The summed E-state index contributed by atoms with van der Waals surface area (Å²) in [7, 11) is 3.13. The maximum atomic E-state index is 12.4. The maximum absolute atomic E-state index is 12.4. The number of benzene rings is 2. The quantitative estimate of drug-likeness (QED) is 0.342. The summed E-state index contributed by atoms with van der Waals surface area (Å²) in [5.74, 6) is 1.23. The molecule has 8 heteroatoms. The smallest absolute Gasteiger partial charge is 0.345 e. The highest BCUT2D eigenvalue weighted by Gasteiger charge is 2.14. The molecular formula is C23H17N3O4S. The molecule has 0 amide bonds. The molecule has 2 aromatic heterocycles. The van der Waals surface area contributed by atoms with Crippen LogP contribution in [-0.2, 0) is 0 Å². The lowest BCUT2D eigenvalue weighted by Crippen LogP contribution is -2.02. The molecule has 1 N–H and O–H groups in total. The van der Waals surface area contributed by atoms with Gasteiger partial charge in [0.15, 0.2) is 0 Å². The predicted molar refractivity (Wildman–Crippen MR) is 120 cm³/mol. The number of nitrogens with one attached hydrogen (secondary N) is 1. The third-order valence-corrected chi connectivity index (χ3v) is 5.43. The average molecular weight is 431 g/mol. The van der Waals surface area contributed by atoms with Crippen LogP contribution in [0.5, 0.6) is 11.5 Å². The summed E-state index contributed by atoms with van der Waals surface area (Å²) in [4.78, 5) is 16.9. The largest absolute Gasteiger partial charge is 0.497 e. The number of aromatic nitrogens is 1. The van der Waals surface area contributed by atoms with Gasteiger partial charge in [-0.2, -0.15) is 5.26 Å². The third-order valence-electron chi connectivity index (χ3n) is 4.55. The first kappa shape index (κ1) is 20.2. The summed E-state index contributed by atoms with van der Waals surface area (Å²) in [6, 6.07) is 16.5. The molecule has 0 radical (unpaired) electrons. The van der Waals surface area contributed by atoms with E-state index in [4.69, 9.17) is 13.9 Å². The number of nitrogens with zero attached hydrogens (tertiary/aromatic N) is 2. The zero-order valence-corrected chi connectivity index (χ0v) is 17.5. The van der Waals surface area contributed by atoms with Gasteiger partial charge in [-0.15, -0.1) is 11.3 Å². The Kier molecular flexibility index (Phi) is 5.69. The fourth-order valence-corrected chi connectivity index (χ4v) is 3.76. The van der Waals surface area contributed by atoms with Gasteiger partial charge in [0, 0.05) is 23.0 Å². The lowest BCUT2D eigenvalue weighted by Gasteiger charge is -2.10. The van der Waals surface area contributed by atoms with Crippen LogP contribution in [-0.4, -0.2) is 19.2 Å². The molecule has 0 aliphatic rings. The zero-order chi connectivity index (χ0) is 21.8. The van der Waals surface area contributed by atoms with Crippen LogP contribution in [0.25, 0.3) is 27.8 Å². The summed E-state index contributed by atoms with van der Waals surface area (Å²) < 4.78 is 15.9. The third kappa shape index (κ3) is 4.13. The van der Waals surface area contributed by atoms with Crippen molar-refractivity contribution in [3.05, 3.63) is 75.5 Å². The molecule has 0 unspecified atom stereocenters. The highest BCUT2D eigenvalue weighted by Crippen LogP contribution is 2.30. The molecule has 2 heterocycles. The van der Waals surface area contributed by atoms with Crippen molar-refractivity contribution in [2.24, 2.45) is 0 Å². The van der Waals surface area contributed by atoms with Crippen LogP contribution in [0.4, 0.5) is 5.69 Å². The van der Waals surface area contributed by atoms with Gasteiger partial charge in [0.1, 0.15) is 33.7 Å². The number of nitriles is 1. The first-order chi connectivity index (χ1) is 15.1. The number of thiazole rings is 1. The van der Waals surface area contributed by atoms with Crippen LogP contribution in [0.3, 0.4) is 0 Å². The Morgan fingerprint density at radius 1 is 1.19 bits per heavy atom. The zero-order valence-electron chi connectivity index (χ0n) is 16.7. The first-order valence-corrected chi connectivity index (χ1v) is 10.1. The van der Waals surface area contributed by atoms with Gasteiger partial charge in [0.05, 0.1) is 31.2 Å². The van der Waals surface area contributed by atoms with Gasteiger partial charge >= 0.3 is 5.63 Å². The molecule has 0 fully saturated rings. The van der Waals surface area contributed by atoms with Crippen LogP contribution < -0.4 is 20.4 Å². The number of anilines is 1.